The number of aliphatic hydroxyl groups excluding tert-OH is 1. The van der Waals surface area contributed by atoms with Crippen LogP contribution in [0.4, 0.5) is 5.82 Å². The van der Waals surface area contributed by atoms with Gasteiger partial charge in [0.2, 0.25) is 5.69 Å². The summed E-state index contributed by atoms with van der Waals surface area (Å²) in [5.41, 5.74) is -0.288. The fraction of sp³-hybridized carbons (Fsp3) is 0.333. The van der Waals surface area contributed by atoms with E-state index in [4.69, 9.17) is 5.11 Å². The van der Waals surface area contributed by atoms with Crippen molar-refractivity contribution in [2.24, 2.45) is 0 Å². The number of nitrogens with one attached hydrogen (secondary N) is 2. The van der Waals surface area contributed by atoms with E-state index >= 15 is 0 Å². The summed E-state index contributed by atoms with van der Waals surface area (Å²) in [6.45, 7) is -0.202. The number of H-pyrrole nitrogens is 1. The highest BCUT2D eigenvalue weighted by Gasteiger charge is 2.21. The van der Waals surface area contributed by atoms with Crippen molar-refractivity contribution in [1.82, 2.24) is 15.3 Å². The quantitative estimate of drug-likeness (QED) is 0.427. The molecule has 0 aromatic carbocycles. The van der Waals surface area contributed by atoms with Gasteiger partial charge in [0, 0.05) is 6.54 Å². The van der Waals surface area contributed by atoms with Gasteiger partial charge in [-0.05, 0) is 4.92 Å². The lowest BCUT2D eigenvalue weighted by Crippen LogP contribution is -2.27. The van der Waals surface area contributed by atoms with Crippen LogP contribution in [0.25, 0.3) is 0 Å². The van der Waals surface area contributed by atoms with Crippen molar-refractivity contribution in [3.63, 3.8) is 0 Å². The number of nitro groups is 1. The second kappa shape index (κ2) is 4.33. The van der Waals surface area contributed by atoms with Crippen LogP contribution in [0.2, 0.25) is 0 Å². The molecule has 0 aliphatic carbocycles. The highest BCUT2D eigenvalue weighted by Crippen LogP contribution is 2.11. The van der Waals surface area contributed by atoms with Gasteiger partial charge in [-0.15, -0.1) is 0 Å². The molecule has 1 aromatic heterocycles. The summed E-state index contributed by atoms with van der Waals surface area (Å²) >= 11 is 0. The molecule has 1 amide bonds. The molecule has 1 aromatic rings. The topological polar surface area (TPSA) is 121 Å². The number of aliphatic hydroxyl groups is 1. The standard InChI is InChI=1S/C6H8N4O4/c11-2-1-7-6(12)4-5(10(13)14)9-3-8-4/h3,11H,1-2H2,(H,7,12)(H,8,9). The van der Waals surface area contributed by atoms with E-state index in [1.54, 1.807) is 0 Å². The lowest BCUT2D eigenvalue weighted by Gasteiger charge is -1.99. The average molecular weight is 200 g/mol. The third-order valence-corrected chi connectivity index (χ3v) is 1.41. The zero-order valence-electron chi connectivity index (χ0n) is 7.06. The van der Waals surface area contributed by atoms with E-state index in [1.165, 1.54) is 0 Å². The van der Waals surface area contributed by atoms with Crippen molar-refractivity contribution in [2.45, 2.75) is 0 Å². The van der Waals surface area contributed by atoms with E-state index in [9.17, 15) is 14.9 Å². The maximum atomic E-state index is 11.2. The highest BCUT2D eigenvalue weighted by molar-refractivity contribution is 5.95. The van der Waals surface area contributed by atoms with Gasteiger partial charge < -0.3 is 20.5 Å². The Morgan fingerprint density at radius 2 is 2.50 bits per heavy atom. The first-order chi connectivity index (χ1) is 6.66. The maximum absolute atomic E-state index is 11.2. The molecule has 0 saturated carbocycles. The van der Waals surface area contributed by atoms with Gasteiger partial charge in [-0.3, -0.25) is 4.79 Å². The number of carbonyl (C=O) groups is 1. The Balaban J connectivity index is 2.79. The molecule has 0 bridgehead atoms. The van der Waals surface area contributed by atoms with Crippen LogP contribution in [0.1, 0.15) is 10.5 Å². The van der Waals surface area contributed by atoms with Gasteiger partial charge in [-0.2, -0.15) is 0 Å². The van der Waals surface area contributed by atoms with Crippen LogP contribution < -0.4 is 5.32 Å². The van der Waals surface area contributed by atoms with E-state index < -0.39 is 16.6 Å². The second-order valence-electron chi connectivity index (χ2n) is 2.34. The molecule has 0 aliphatic rings. The van der Waals surface area contributed by atoms with Crippen LogP contribution in [-0.2, 0) is 0 Å². The fourth-order valence-electron chi connectivity index (χ4n) is 0.846. The fourth-order valence-corrected chi connectivity index (χ4v) is 0.846. The molecule has 1 heterocycles. The molecular weight excluding hydrogens is 192 g/mol. The maximum Gasteiger partial charge on any atom is 0.353 e. The number of aromatic amines is 1. The van der Waals surface area contributed by atoms with E-state index in [-0.39, 0.29) is 18.8 Å². The molecule has 1 rings (SSSR count). The molecule has 76 valence electrons. The number of carbonyl (C=O) groups excluding carboxylic acids is 1. The van der Waals surface area contributed by atoms with Crippen LogP contribution in [0, 0.1) is 10.1 Å². The molecule has 8 heteroatoms. The molecule has 0 spiro atoms. The smallest absolute Gasteiger partial charge is 0.353 e. The van der Waals surface area contributed by atoms with Gasteiger partial charge in [0.1, 0.15) is 0 Å². The van der Waals surface area contributed by atoms with Crippen molar-refractivity contribution in [3.05, 3.63) is 22.1 Å². The Labute approximate surface area is 78.1 Å². The number of amides is 1. The zero-order chi connectivity index (χ0) is 10.6. The molecule has 0 unspecified atom stereocenters. The van der Waals surface area contributed by atoms with Gasteiger partial charge in [-0.25, -0.2) is 9.97 Å². The van der Waals surface area contributed by atoms with E-state index in [2.05, 4.69) is 15.3 Å². The number of nitrogens with zero attached hydrogens (tertiary/aromatic N) is 2. The van der Waals surface area contributed by atoms with Gasteiger partial charge in [-0.1, -0.05) is 0 Å². The molecule has 14 heavy (non-hydrogen) atoms. The van der Waals surface area contributed by atoms with Crippen LogP contribution in [0.15, 0.2) is 6.33 Å². The van der Waals surface area contributed by atoms with Crippen molar-refractivity contribution in [1.29, 1.82) is 0 Å². The molecule has 0 atom stereocenters. The zero-order valence-corrected chi connectivity index (χ0v) is 7.06. The summed E-state index contributed by atoms with van der Waals surface area (Å²) in [4.78, 5) is 26.5. The lowest BCUT2D eigenvalue weighted by atomic mass is 10.4. The molecule has 0 radical (unpaired) electrons. The molecule has 8 nitrogen and oxygen atoms in total. The summed E-state index contributed by atoms with van der Waals surface area (Å²) in [6, 6.07) is 0. The Bertz CT molecular complexity index is 347. The van der Waals surface area contributed by atoms with Gasteiger partial charge in [0.05, 0.1) is 6.61 Å². The van der Waals surface area contributed by atoms with Crippen molar-refractivity contribution >= 4 is 11.7 Å². The van der Waals surface area contributed by atoms with Gasteiger partial charge in [0.15, 0.2) is 6.33 Å². The van der Waals surface area contributed by atoms with Crippen molar-refractivity contribution in [2.75, 3.05) is 13.2 Å². The highest BCUT2D eigenvalue weighted by atomic mass is 16.6. The van der Waals surface area contributed by atoms with E-state index in [0.29, 0.717) is 0 Å². The minimum absolute atomic E-state index is 0.0306. The number of aromatic nitrogens is 2. The molecule has 3 N–H and O–H groups in total. The van der Waals surface area contributed by atoms with Crippen molar-refractivity contribution in [3.8, 4) is 0 Å². The monoisotopic (exact) mass is 200 g/mol. The summed E-state index contributed by atoms with van der Waals surface area (Å²) in [5.74, 6) is -1.15. The number of rotatable bonds is 4. The third kappa shape index (κ3) is 2.04. The summed E-state index contributed by atoms with van der Waals surface area (Å²) in [7, 11) is 0. The van der Waals surface area contributed by atoms with E-state index in [0.717, 1.165) is 6.33 Å². The summed E-state index contributed by atoms with van der Waals surface area (Å²) < 4.78 is 0. The predicted molar refractivity (Wildman–Crippen MR) is 44.7 cm³/mol. The lowest BCUT2D eigenvalue weighted by molar-refractivity contribution is -0.389. The van der Waals surface area contributed by atoms with Crippen LogP contribution in [0.5, 0.6) is 0 Å². The third-order valence-electron chi connectivity index (χ3n) is 1.41. The number of hydrogen-bond donors (Lipinski definition) is 3. The normalized spacial score (nSPS) is 9.79. The van der Waals surface area contributed by atoms with Gasteiger partial charge >= 0.3 is 5.82 Å². The SMILES string of the molecule is O=C(NCCO)c1nc[nH]c1[N+](=O)[O-]. The molecular formula is C6H8N4O4. The molecule has 0 fully saturated rings. The van der Waals surface area contributed by atoms with Crippen LogP contribution in [0.3, 0.4) is 0 Å². The molecule has 0 aliphatic heterocycles. The average Bonchev–Trinajstić information content (AvgIpc) is 2.62. The first-order valence-electron chi connectivity index (χ1n) is 3.73. The number of imidazole rings is 1. The minimum Gasteiger partial charge on any atom is -0.395 e. The largest absolute Gasteiger partial charge is 0.395 e. The first kappa shape index (κ1) is 10.1. The first-order valence-corrected chi connectivity index (χ1v) is 3.73. The Morgan fingerprint density at radius 1 is 1.79 bits per heavy atom. The Morgan fingerprint density at radius 3 is 3.07 bits per heavy atom. The van der Waals surface area contributed by atoms with Gasteiger partial charge in [0.25, 0.3) is 5.91 Å². The van der Waals surface area contributed by atoms with Crippen molar-refractivity contribution < 1.29 is 14.8 Å². The second-order valence-corrected chi connectivity index (χ2v) is 2.34. The van der Waals surface area contributed by atoms with E-state index in [1.807, 2.05) is 0 Å². The summed E-state index contributed by atoms with van der Waals surface area (Å²) in [6.07, 6.45) is 1.06. The number of hydrogen-bond acceptors (Lipinski definition) is 5. The molecule has 0 saturated heterocycles. The predicted octanol–water partition coefficient (Wildman–Crippen LogP) is -0.960. The van der Waals surface area contributed by atoms with Crippen LogP contribution >= 0.6 is 0 Å². The minimum atomic E-state index is -0.735. The summed E-state index contributed by atoms with van der Waals surface area (Å²) in [5, 5.41) is 21.0. The Kier molecular flexibility index (Phi) is 3.13. The van der Waals surface area contributed by atoms with Crippen LogP contribution in [-0.4, -0.2) is 39.1 Å². The Hall–Kier alpha value is -1.96.